The molecule has 0 spiro atoms. The molecule has 4 nitrogen and oxygen atoms in total. The Kier molecular flexibility index (Phi) is 5.14. The van der Waals surface area contributed by atoms with Crippen LogP contribution in [0.3, 0.4) is 0 Å². The van der Waals surface area contributed by atoms with Gasteiger partial charge in [-0.3, -0.25) is 4.79 Å². The van der Waals surface area contributed by atoms with Gasteiger partial charge < -0.3 is 11.1 Å². The molecule has 3 N–H and O–H groups in total. The largest absolute Gasteiger partial charge is 0.351 e. The smallest absolute Gasteiger partial charge is 0.237 e. The lowest BCUT2D eigenvalue weighted by atomic mass is 10.0. The van der Waals surface area contributed by atoms with E-state index in [1.165, 1.54) is 5.56 Å². The highest BCUT2D eigenvalue weighted by molar-refractivity contribution is 5.81. The maximum atomic E-state index is 12.0. The second-order valence-corrected chi connectivity index (χ2v) is 5.41. The van der Waals surface area contributed by atoms with Crippen LogP contribution in [-0.2, 0) is 11.2 Å². The highest BCUT2D eigenvalue weighted by Gasteiger charge is 2.29. The normalized spacial score (nSPS) is 23.0. The maximum Gasteiger partial charge on any atom is 0.237 e. The fourth-order valence-corrected chi connectivity index (χ4v) is 2.68. The average Bonchev–Trinajstić information content (AvgIpc) is 2.93. The van der Waals surface area contributed by atoms with Crippen molar-refractivity contribution in [1.82, 2.24) is 5.32 Å². The molecule has 0 saturated heterocycles. The van der Waals surface area contributed by atoms with Gasteiger partial charge in [0, 0.05) is 6.04 Å². The van der Waals surface area contributed by atoms with Crippen LogP contribution in [0.5, 0.6) is 0 Å². The van der Waals surface area contributed by atoms with Gasteiger partial charge in [-0.25, -0.2) is 0 Å². The number of aryl methyl sites for hydroxylation is 1. The first-order chi connectivity index (χ1) is 9.70. The van der Waals surface area contributed by atoms with Crippen molar-refractivity contribution in [2.24, 2.45) is 11.7 Å². The van der Waals surface area contributed by atoms with Crippen molar-refractivity contribution < 1.29 is 4.79 Å². The topological polar surface area (TPSA) is 78.9 Å². The van der Waals surface area contributed by atoms with E-state index in [0.717, 1.165) is 25.7 Å². The van der Waals surface area contributed by atoms with Crippen LogP contribution in [0.25, 0.3) is 0 Å². The molecule has 1 aliphatic carbocycles. The fourth-order valence-electron chi connectivity index (χ4n) is 2.68. The third-order valence-electron chi connectivity index (χ3n) is 3.93. The molecule has 20 heavy (non-hydrogen) atoms. The standard InChI is InChI=1S/C16H21N3O/c17-11-13-7-4-8-15(13)19-16(20)14(18)10-9-12-5-2-1-3-6-12/h1-3,5-6,13-15H,4,7-10,18H2,(H,19,20)/t13?,14-,15?/m0/s1. The molecule has 4 heteroatoms. The lowest BCUT2D eigenvalue weighted by Gasteiger charge is -2.19. The Morgan fingerprint density at radius 2 is 2.15 bits per heavy atom. The van der Waals surface area contributed by atoms with Crippen molar-refractivity contribution in [3.05, 3.63) is 35.9 Å². The van der Waals surface area contributed by atoms with Gasteiger partial charge in [-0.05, 0) is 37.7 Å². The molecular formula is C16H21N3O. The van der Waals surface area contributed by atoms with E-state index in [-0.39, 0.29) is 17.9 Å². The van der Waals surface area contributed by atoms with Crippen LogP contribution in [0, 0.1) is 17.2 Å². The van der Waals surface area contributed by atoms with Crippen LogP contribution in [-0.4, -0.2) is 18.0 Å². The van der Waals surface area contributed by atoms with Gasteiger partial charge in [-0.15, -0.1) is 0 Å². The van der Waals surface area contributed by atoms with E-state index < -0.39 is 6.04 Å². The Labute approximate surface area is 120 Å². The van der Waals surface area contributed by atoms with E-state index in [1.807, 2.05) is 30.3 Å². The summed E-state index contributed by atoms with van der Waals surface area (Å²) in [5, 5.41) is 11.9. The Hall–Kier alpha value is -1.86. The lowest BCUT2D eigenvalue weighted by Crippen LogP contribution is -2.46. The molecule has 0 aliphatic heterocycles. The van der Waals surface area contributed by atoms with E-state index in [9.17, 15) is 4.79 Å². The van der Waals surface area contributed by atoms with Crippen molar-refractivity contribution in [3.63, 3.8) is 0 Å². The maximum absolute atomic E-state index is 12.0. The molecule has 1 aliphatic rings. The van der Waals surface area contributed by atoms with Crippen LogP contribution in [0.2, 0.25) is 0 Å². The Morgan fingerprint density at radius 1 is 1.40 bits per heavy atom. The number of amides is 1. The van der Waals surface area contributed by atoms with Crippen LogP contribution >= 0.6 is 0 Å². The van der Waals surface area contributed by atoms with E-state index in [4.69, 9.17) is 11.0 Å². The van der Waals surface area contributed by atoms with Crippen molar-refractivity contribution in [2.45, 2.75) is 44.2 Å². The van der Waals surface area contributed by atoms with E-state index in [1.54, 1.807) is 0 Å². The zero-order chi connectivity index (χ0) is 14.4. The molecule has 1 amide bonds. The summed E-state index contributed by atoms with van der Waals surface area (Å²) in [6.45, 7) is 0. The molecule has 3 atom stereocenters. The second-order valence-electron chi connectivity index (χ2n) is 5.41. The minimum Gasteiger partial charge on any atom is -0.351 e. The van der Waals surface area contributed by atoms with E-state index in [0.29, 0.717) is 6.42 Å². The summed E-state index contributed by atoms with van der Waals surface area (Å²) in [6, 6.07) is 11.7. The third-order valence-corrected chi connectivity index (χ3v) is 3.93. The first-order valence-corrected chi connectivity index (χ1v) is 7.20. The van der Waals surface area contributed by atoms with Gasteiger partial charge in [0.25, 0.3) is 0 Å². The van der Waals surface area contributed by atoms with Crippen molar-refractivity contribution in [2.75, 3.05) is 0 Å². The molecule has 0 aromatic heterocycles. The molecule has 0 radical (unpaired) electrons. The van der Waals surface area contributed by atoms with Crippen LogP contribution in [0.15, 0.2) is 30.3 Å². The molecular weight excluding hydrogens is 250 g/mol. The average molecular weight is 271 g/mol. The summed E-state index contributed by atoms with van der Waals surface area (Å²) in [5.74, 6) is -0.187. The predicted molar refractivity (Wildman–Crippen MR) is 77.6 cm³/mol. The molecule has 0 heterocycles. The summed E-state index contributed by atoms with van der Waals surface area (Å²) < 4.78 is 0. The number of carbonyl (C=O) groups is 1. The number of carbonyl (C=O) groups excluding carboxylic acids is 1. The Bertz CT molecular complexity index is 480. The fraction of sp³-hybridized carbons (Fsp3) is 0.500. The minimum absolute atomic E-state index is 0.0183. The first kappa shape index (κ1) is 14.5. The summed E-state index contributed by atoms with van der Waals surface area (Å²) in [7, 11) is 0. The molecule has 2 rings (SSSR count). The summed E-state index contributed by atoms with van der Waals surface area (Å²) in [5.41, 5.74) is 7.12. The number of nitrogens with zero attached hydrogens (tertiary/aromatic N) is 1. The first-order valence-electron chi connectivity index (χ1n) is 7.20. The molecule has 1 fully saturated rings. The minimum atomic E-state index is -0.504. The number of hydrogen-bond acceptors (Lipinski definition) is 3. The number of nitriles is 1. The SMILES string of the molecule is N#CC1CCCC1NC(=O)[C@@H](N)CCc1ccccc1. The Morgan fingerprint density at radius 3 is 2.85 bits per heavy atom. The number of rotatable bonds is 5. The molecule has 0 bridgehead atoms. The number of nitrogens with two attached hydrogens (primary N) is 1. The van der Waals surface area contributed by atoms with Gasteiger partial charge in [-0.1, -0.05) is 30.3 Å². The van der Waals surface area contributed by atoms with Crippen LogP contribution < -0.4 is 11.1 Å². The highest BCUT2D eigenvalue weighted by Crippen LogP contribution is 2.24. The Balaban J connectivity index is 1.79. The summed E-state index contributed by atoms with van der Waals surface area (Å²) >= 11 is 0. The third kappa shape index (κ3) is 3.82. The van der Waals surface area contributed by atoms with Crippen LogP contribution in [0.1, 0.15) is 31.2 Å². The zero-order valence-electron chi connectivity index (χ0n) is 11.6. The van der Waals surface area contributed by atoms with E-state index in [2.05, 4.69) is 11.4 Å². The van der Waals surface area contributed by atoms with Crippen molar-refractivity contribution >= 4 is 5.91 Å². The van der Waals surface area contributed by atoms with Crippen molar-refractivity contribution in [1.29, 1.82) is 5.26 Å². The summed E-state index contributed by atoms with van der Waals surface area (Å²) in [4.78, 5) is 12.0. The van der Waals surface area contributed by atoms with Gasteiger partial charge in [-0.2, -0.15) is 5.26 Å². The summed E-state index contributed by atoms with van der Waals surface area (Å²) in [6.07, 6.45) is 4.18. The molecule has 2 unspecified atom stereocenters. The van der Waals surface area contributed by atoms with Gasteiger partial charge in [0.05, 0.1) is 18.0 Å². The van der Waals surface area contributed by atoms with Gasteiger partial charge in [0.2, 0.25) is 5.91 Å². The number of nitrogens with one attached hydrogen (secondary N) is 1. The van der Waals surface area contributed by atoms with Gasteiger partial charge in [0.15, 0.2) is 0 Å². The molecule has 106 valence electrons. The number of benzene rings is 1. The second kappa shape index (κ2) is 7.06. The molecule has 1 saturated carbocycles. The quantitative estimate of drug-likeness (QED) is 0.856. The predicted octanol–water partition coefficient (Wildman–Crippen LogP) is 1.75. The zero-order valence-corrected chi connectivity index (χ0v) is 11.6. The van der Waals surface area contributed by atoms with Crippen molar-refractivity contribution in [3.8, 4) is 6.07 Å². The molecule has 1 aromatic carbocycles. The van der Waals surface area contributed by atoms with Crippen LogP contribution in [0.4, 0.5) is 0 Å². The molecule has 1 aromatic rings. The van der Waals surface area contributed by atoms with E-state index >= 15 is 0 Å². The monoisotopic (exact) mass is 271 g/mol. The lowest BCUT2D eigenvalue weighted by molar-refractivity contribution is -0.123. The van der Waals surface area contributed by atoms with Gasteiger partial charge >= 0.3 is 0 Å². The van der Waals surface area contributed by atoms with Gasteiger partial charge in [0.1, 0.15) is 0 Å². The number of hydrogen-bond donors (Lipinski definition) is 2. The highest BCUT2D eigenvalue weighted by atomic mass is 16.2.